The molecule has 224 valence electrons. The number of amides is 2. The maximum atomic E-state index is 12.3. The van der Waals surface area contributed by atoms with E-state index in [0.29, 0.717) is 45.2 Å². The van der Waals surface area contributed by atoms with Gasteiger partial charge in [-0.05, 0) is 86.5 Å². The van der Waals surface area contributed by atoms with Crippen LogP contribution in [-0.4, -0.2) is 95.2 Å². The van der Waals surface area contributed by atoms with Gasteiger partial charge in [-0.1, -0.05) is 6.08 Å². The fourth-order valence-corrected chi connectivity index (χ4v) is 5.00. The summed E-state index contributed by atoms with van der Waals surface area (Å²) in [5, 5.41) is 9.02. The highest BCUT2D eigenvalue weighted by molar-refractivity contribution is 5.87. The number of carbonyl (C=O) groups is 4. The van der Waals surface area contributed by atoms with Gasteiger partial charge >= 0.3 is 24.1 Å². The minimum absolute atomic E-state index is 0.0269. The zero-order valence-corrected chi connectivity index (χ0v) is 25.0. The van der Waals surface area contributed by atoms with E-state index in [9.17, 15) is 19.2 Å². The maximum absolute atomic E-state index is 12.3. The van der Waals surface area contributed by atoms with Gasteiger partial charge in [-0.3, -0.25) is 9.80 Å². The molecule has 0 saturated carbocycles. The average Bonchev–Trinajstić information content (AvgIpc) is 3.46. The van der Waals surface area contributed by atoms with Crippen LogP contribution in [0.25, 0.3) is 0 Å². The Bertz CT molecular complexity index is 877. The predicted molar refractivity (Wildman–Crippen MR) is 145 cm³/mol. The smallest absolute Gasteiger partial charge is 0.411 e. The fraction of sp³-hybridized carbons (Fsp3) is 0.786. The van der Waals surface area contributed by atoms with Crippen LogP contribution in [0.4, 0.5) is 9.59 Å². The summed E-state index contributed by atoms with van der Waals surface area (Å²) < 4.78 is 20.5. The molecule has 2 rings (SSSR count). The summed E-state index contributed by atoms with van der Waals surface area (Å²) in [6.45, 7) is 15.4. The van der Waals surface area contributed by atoms with Crippen molar-refractivity contribution in [2.24, 2.45) is 0 Å². The average molecular weight is 557 g/mol. The van der Waals surface area contributed by atoms with Crippen molar-refractivity contribution in [3.05, 3.63) is 12.7 Å². The SMILES string of the molecule is C=CCC1(C(=O)OC)CCCN1C(=O)OC(C)(C)C.COC(=O)C1(CCCO)CCCN1C(=O)OC(C)(C)C. The molecule has 0 spiro atoms. The lowest BCUT2D eigenvalue weighted by atomic mass is 9.90. The van der Waals surface area contributed by atoms with Gasteiger partial charge in [-0.2, -0.15) is 0 Å². The summed E-state index contributed by atoms with van der Waals surface area (Å²) in [7, 11) is 2.65. The number of aliphatic hydroxyl groups is 1. The standard InChI is InChI=1S/C14H25NO5.C14H23NO4/c1-13(2,3)20-12(18)15-9-5-7-14(15,8-6-10-16)11(17)19-4;1-6-8-14(11(16)18-5)9-7-10-15(14)12(17)19-13(2,3)4/h16H,5-10H2,1-4H3;6H,1,7-10H2,2-5H3. The molecule has 2 heterocycles. The first kappa shape index (κ1) is 34.2. The number of methoxy groups -OCH3 is 2. The van der Waals surface area contributed by atoms with Gasteiger partial charge in [0.15, 0.2) is 0 Å². The molecule has 2 aliphatic rings. The van der Waals surface area contributed by atoms with Crippen molar-refractivity contribution in [2.45, 2.75) is 109 Å². The molecule has 1 N–H and O–H groups in total. The van der Waals surface area contributed by atoms with Crippen LogP contribution in [0.2, 0.25) is 0 Å². The van der Waals surface area contributed by atoms with E-state index in [1.807, 2.05) is 0 Å². The Balaban J connectivity index is 0.000000391. The van der Waals surface area contributed by atoms with Gasteiger partial charge in [0.25, 0.3) is 0 Å². The predicted octanol–water partition coefficient (Wildman–Crippen LogP) is 4.21. The zero-order valence-electron chi connectivity index (χ0n) is 25.0. The highest BCUT2D eigenvalue weighted by atomic mass is 16.6. The van der Waals surface area contributed by atoms with Crippen molar-refractivity contribution in [1.29, 1.82) is 0 Å². The molecule has 2 fully saturated rings. The lowest BCUT2D eigenvalue weighted by Gasteiger charge is -2.36. The van der Waals surface area contributed by atoms with Gasteiger partial charge < -0.3 is 24.1 Å². The first-order valence-corrected chi connectivity index (χ1v) is 13.4. The third-order valence-electron chi connectivity index (χ3n) is 6.57. The Morgan fingerprint density at radius 1 is 0.821 bits per heavy atom. The van der Waals surface area contributed by atoms with E-state index in [0.717, 1.165) is 12.8 Å². The van der Waals surface area contributed by atoms with Crippen LogP contribution in [0, 0.1) is 0 Å². The Labute approximate surface area is 232 Å². The summed E-state index contributed by atoms with van der Waals surface area (Å²) in [4.78, 5) is 51.7. The number of likely N-dealkylation sites (tertiary alicyclic amines) is 2. The van der Waals surface area contributed by atoms with E-state index in [2.05, 4.69) is 6.58 Å². The van der Waals surface area contributed by atoms with Crippen molar-refractivity contribution < 1.29 is 43.2 Å². The van der Waals surface area contributed by atoms with E-state index in [1.165, 1.54) is 24.0 Å². The van der Waals surface area contributed by atoms with Crippen LogP contribution < -0.4 is 0 Å². The monoisotopic (exact) mass is 556 g/mol. The number of hydrogen-bond donors (Lipinski definition) is 1. The molecule has 2 aliphatic heterocycles. The molecule has 11 heteroatoms. The number of esters is 2. The number of carbonyl (C=O) groups excluding carboxylic acids is 4. The summed E-state index contributed by atoms with van der Waals surface area (Å²) in [6, 6.07) is 0. The van der Waals surface area contributed by atoms with Gasteiger partial charge in [0, 0.05) is 19.7 Å². The highest BCUT2D eigenvalue weighted by Crippen LogP contribution is 2.37. The Morgan fingerprint density at radius 2 is 1.23 bits per heavy atom. The molecule has 0 aromatic heterocycles. The second-order valence-electron chi connectivity index (χ2n) is 11.8. The summed E-state index contributed by atoms with van der Waals surface area (Å²) in [6.07, 6.45) is 4.45. The number of ether oxygens (including phenoxy) is 4. The molecule has 11 nitrogen and oxygen atoms in total. The largest absolute Gasteiger partial charge is 0.467 e. The Kier molecular flexibility index (Phi) is 12.3. The molecule has 0 bridgehead atoms. The van der Waals surface area contributed by atoms with E-state index in [-0.39, 0.29) is 6.61 Å². The van der Waals surface area contributed by atoms with Crippen molar-refractivity contribution >= 4 is 24.1 Å². The summed E-state index contributed by atoms with van der Waals surface area (Å²) in [5.74, 6) is -0.843. The van der Waals surface area contributed by atoms with E-state index < -0.39 is 46.4 Å². The molecule has 2 saturated heterocycles. The molecular formula is C28H48N2O9. The molecule has 0 aliphatic carbocycles. The minimum Gasteiger partial charge on any atom is -0.467 e. The van der Waals surface area contributed by atoms with E-state index in [4.69, 9.17) is 24.1 Å². The van der Waals surface area contributed by atoms with Crippen molar-refractivity contribution in [3.63, 3.8) is 0 Å². The molecule has 0 aromatic carbocycles. The molecule has 2 amide bonds. The molecule has 2 unspecified atom stereocenters. The van der Waals surface area contributed by atoms with Gasteiger partial charge in [-0.15, -0.1) is 6.58 Å². The van der Waals surface area contributed by atoms with Crippen LogP contribution in [0.1, 0.15) is 86.5 Å². The minimum atomic E-state index is -1.00. The second kappa shape index (κ2) is 14.0. The molecular weight excluding hydrogens is 508 g/mol. The normalized spacial score (nSPS) is 22.9. The van der Waals surface area contributed by atoms with Crippen LogP contribution in [-0.2, 0) is 28.5 Å². The first-order valence-electron chi connectivity index (χ1n) is 13.4. The van der Waals surface area contributed by atoms with Crippen molar-refractivity contribution in [3.8, 4) is 0 Å². The van der Waals surface area contributed by atoms with Crippen molar-refractivity contribution in [2.75, 3.05) is 33.9 Å². The lowest BCUT2D eigenvalue weighted by Crippen LogP contribution is -2.54. The lowest BCUT2D eigenvalue weighted by molar-refractivity contribution is -0.154. The Morgan fingerprint density at radius 3 is 1.62 bits per heavy atom. The number of nitrogens with zero attached hydrogens (tertiary/aromatic N) is 2. The zero-order chi connectivity index (χ0) is 30.1. The van der Waals surface area contributed by atoms with E-state index >= 15 is 0 Å². The third-order valence-corrected chi connectivity index (χ3v) is 6.57. The third kappa shape index (κ3) is 8.84. The quantitative estimate of drug-likeness (QED) is 0.278. The Hall–Kier alpha value is -2.82. The first-order chi connectivity index (χ1) is 18.0. The van der Waals surface area contributed by atoms with Crippen LogP contribution in [0.15, 0.2) is 12.7 Å². The van der Waals surface area contributed by atoms with Crippen LogP contribution in [0.5, 0.6) is 0 Å². The number of rotatable bonds is 7. The molecule has 39 heavy (non-hydrogen) atoms. The second-order valence-corrected chi connectivity index (χ2v) is 11.8. The van der Waals surface area contributed by atoms with Crippen LogP contribution >= 0.6 is 0 Å². The summed E-state index contributed by atoms with van der Waals surface area (Å²) in [5.41, 5.74) is -3.16. The molecule has 2 atom stereocenters. The molecule has 0 aromatic rings. The molecule has 0 radical (unpaired) electrons. The van der Waals surface area contributed by atoms with Crippen LogP contribution in [0.3, 0.4) is 0 Å². The fourth-order valence-electron chi connectivity index (χ4n) is 5.00. The van der Waals surface area contributed by atoms with Gasteiger partial charge in [-0.25, -0.2) is 19.2 Å². The maximum Gasteiger partial charge on any atom is 0.411 e. The number of aliphatic hydroxyl groups excluding tert-OH is 1. The number of hydrogen-bond acceptors (Lipinski definition) is 9. The van der Waals surface area contributed by atoms with Gasteiger partial charge in [0.05, 0.1) is 14.2 Å². The van der Waals surface area contributed by atoms with E-state index in [1.54, 1.807) is 47.6 Å². The van der Waals surface area contributed by atoms with Crippen molar-refractivity contribution in [1.82, 2.24) is 9.80 Å². The van der Waals surface area contributed by atoms with Gasteiger partial charge in [0.1, 0.15) is 22.3 Å². The summed E-state index contributed by atoms with van der Waals surface area (Å²) >= 11 is 0. The topological polar surface area (TPSA) is 132 Å². The highest BCUT2D eigenvalue weighted by Gasteiger charge is 2.52. The van der Waals surface area contributed by atoms with Gasteiger partial charge in [0.2, 0.25) is 0 Å².